The SMILES string of the molecule is CN(C)S(=O)(=O)c1cccc(C(=O)NCC(=O)Nc2ccc(Cl)c(C(=O)NC3CC3)c2)c1. The van der Waals surface area contributed by atoms with E-state index in [0.29, 0.717) is 5.69 Å². The van der Waals surface area contributed by atoms with E-state index >= 15 is 0 Å². The van der Waals surface area contributed by atoms with E-state index in [1.54, 1.807) is 6.07 Å². The Morgan fingerprint density at radius 1 is 1.06 bits per heavy atom. The molecule has 0 atom stereocenters. The van der Waals surface area contributed by atoms with Crippen LogP contribution in [-0.2, 0) is 14.8 Å². The van der Waals surface area contributed by atoms with Crippen LogP contribution in [0.4, 0.5) is 5.69 Å². The molecule has 0 heterocycles. The lowest BCUT2D eigenvalue weighted by molar-refractivity contribution is -0.115. The second-order valence-electron chi connectivity index (χ2n) is 7.49. The van der Waals surface area contributed by atoms with Crippen LogP contribution >= 0.6 is 11.6 Å². The molecule has 0 bridgehead atoms. The first-order chi connectivity index (χ1) is 15.1. The number of hydrogen-bond acceptors (Lipinski definition) is 5. The molecular formula is C21H23ClN4O5S. The van der Waals surface area contributed by atoms with Gasteiger partial charge >= 0.3 is 0 Å². The number of halogens is 1. The molecule has 1 saturated carbocycles. The van der Waals surface area contributed by atoms with Gasteiger partial charge in [-0.2, -0.15) is 0 Å². The Morgan fingerprint density at radius 2 is 1.78 bits per heavy atom. The first-order valence-electron chi connectivity index (χ1n) is 9.79. The summed E-state index contributed by atoms with van der Waals surface area (Å²) in [6.45, 7) is -0.351. The molecule has 2 aromatic rings. The summed E-state index contributed by atoms with van der Waals surface area (Å²) < 4.78 is 25.5. The highest BCUT2D eigenvalue weighted by atomic mass is 35.5. The topological polar surface area (TPSA) is 125 Å². The third-order valence-electron chi connectivity index (χ3n) is 4.69. The quantitative estimate of drug-likeness (QED) is 0.534. The van der Waals surface area contributed by atoms with Crippen LogP contribution in [0.15, 0.2) is 47.4 Å². The molecule has 0 aromatic heterocycles. The van der Waals surface area contributed by atoms with Crippen molar-refractivity contribution in [2.45, 2.75) is 23.8 Å². The summed E-state index contributed by atoms with van der Waals surface area (Å²) in [5, 5.41) is 8.14. The van der Waals surface area contributed by atoms with Crippen LogP contribution in [0.1, 0.15) is 33.6 Å². The normalized spacial score (nSPS) is 13.5. The number of benzene rings is 2. The second kappa shape index (κ2) is 9.68. The average molecular weight is 479 g/mol. The minimum Gasteiger partial charge on any atom is -0.349 e. The van der Waals surface area contributed by atoms with E-state index in [1.165, 1.54) is 50.5 Å². The summed E-state index contributed by atoms with van der Waals surface area (Å²) in [4.78, 5) is 36.9. The first kappa shape index (κ1) is 23.7. The van der Waals surface area contributed by atoms with E-state index in [0.717, 1.165) is 17.1 Å². The summed E-state index contributed by atoms with van der Waals surface area (Å²) in [7, 11) is -0.907. The van der Waals surface area contributed by atoms with Crippen LogP contribution in [0.5, 0.6) is 0 Å². The van der Waals surface area contributed by atoms with E-state index < -0.39 is 21.8 Å². The summed E-state index contributed by atoms with van der Waals surface area (Å²) in [5.41, 5.74) is 0.708. The lowest BCUT2D eigenvalue weighted by atomic mass is 10.2. The van der Waals surface area contributed by atoms with Gasteiger partial charge < -0.3 is 16.0 Å². The van der Waals surface area contributed by atoms with Crippen molar-refractivity contribution in [3.63, 3.8) is 0 Å². The predicted molar refractivity (Wildman–Crippen MR) is 120 cm³/mol. The van der Waals surface area contributed by atoms with E-state index in [1.807, 2.05) is 0 Å². The number of carbonyl (C=O) groups is 3. The van der Waals surface area contributed by atoms with Crippen LogP contribution in [-0.4, -0.2) is 57.1 Å². The van der Waals surface area contributed by atoms with Crippen molar-refractivity contribution >= 4 is 45.0 Å². The van der Waals surface area contributed by atoms with Crippen molar-refractivity contribution < 1.29 is 22.8 Å². The van der Waals surface area contributed by atoms with Gasteiger partial charge in [-0.15, -0.1) is 0 Å². The number of anilines is 1. The van der Waals surface area contributed by atoms with E-state index in [9.17, 15) is 22.8 Å². The molecule has 1 fully saturated rings. The Labute approximate surface area is 191 Å². The third kappa shape index (κ3) is 5.84. The molecule has 1 aliphatic carbocycles. The highest BCUT2D eigenvalue weighted by Crippen LogP contribution is 2.24. The summed E-state index contributed by atoms with van der Waals surface area (Å²) >= 11 is 6.09. The fourth-order valence-electron chi connectivity index (χ4n) is 2.74. The monoisotopic (exact) mass is 478 g/mol. The zero-order valence-electron chi connectivity index (χ0n) is 17.5. The molecule has 9 nitrogen and oxygen atoms in total. The minimum absolute atomic E-state index is 0.0298. The van der Waals surface area contributed by atoms with Gasteiger partial charge in [0.1, 0.15) is 0 Å². The van der Waals surface area contributed by atoms with Crippen molar-refractivity contribution in [3.05, 3.63) is 58.6 Å². The Bertz CT molecular complexity index is 1160. The Kier molecular flexibility index (Phi) is 7.17. The fraction of sp³-hybridized carbons (Fsp3) is 0.286. The number of nitrogens with one attached hydrogen (secondary N) is 3. The van der Waals surface area contributed by atoms with Gasteiger partial charge in [-0.25, -0.2) is 12.7 Å². The highest BCUT2D eigenvalue weighted by molar-refractivity contribution is 7.89. The molecule has 32 heavy (non-hydrogen) atoms. The highest BCUT2D eigenvalue weighted by Gasteiger charge is 2.25. The Hall–Kier alpha value is -2.95. The minimum atomic E-state index is -3.69. The standard InChI is InChI=1S/C21H23ClN4O5S/c1-26(2)32(30,31)16-5-3-4-13(10-16)20(28)23-12-19(27)24-15-8-9-18(22)17(11-15)21(29)25-14-6-7-14/h3-5,8-11,14H,6-7,12H2,1-2H3,(H,23,28)(H,24,27)(H,25,29). The van der Waals surface area contributed by atoms with Gasteiger partial charge in [0, 0.05) is 31.4 Å². The zero-order chi connectivity index (χ0) is 23.5. The number of nitrogens with zero attached hydrogens (tertiary/aromatic N) is 1. The van der Waals surface area contributed by atoms with Gasteiger partial charge in [0.05, 0.1) is 22.0 Å². The lowest BCUT2D eigenvalue weighted by Gasteiger charge is -2.12. The molecular weight excluding hydrogens is 456 g/mol. The van der Waals surface area contributed by atoms with Gasteiger partial charge in [-0.05, 0) is 49.2 Å². The van der Waals surface area contributed by atoms with E-state index in [2.05, 4.69) is 16.0 Å². The molecule has 170 valence electrons. The summed E-state index contributed by atoms with van der Waals surface area (Å²) in [6.07, 6.45) is 1.87. The van der Waals surface area contributed by atoms with Crippen LogP contribution in [0, 0.1) is 0 Å². The number of rotatable bonds is 8. The maximum absolute atomic E-state index is 12.4. The van der Waals surface area contributed by atoms with E-state index in [-0.39, 0.29) is 39.5 Å². The molecule has 0 radical (unpaired) electrons. The third-order valence-corrected chi connectivity index (χ3v) is 6.83. The van der Waals surface area contributed by atoms with Crippen LogP contribution in [0.25, 0.3) is 0 Å². The molecule has 3 N–H and O–H groups in total. The smallest absolute Gasteiger partial charge is 0.253 e. The summed E-state index contributed by atoms with van der Waals surface area (Å²) in [6, 6.07) is 10.2. The number of hydrogen-bond donors (Lipinski definition) is 3. The van der Waals surface area contributed by atoms with Gasteiger partial charge in [0.25, 0.3) is 11.8 Å². The van der Waals surface area contributed by atoms with Crippen LogP contribution in [0.3, 0.4) is 0 Å². The largest absolute Gasteiger partial charge is 0.349 e. The van der Waals surface area contributed by atoms with Crippen LogP contribution in [0.2, 0.25) is 5.02 Å². The number of sulfonamides is 1. The fourth-order valence-corrected chi connectivity index (χ4v) is 3.90. The average Bonchev–Trinajstić information content (AvgIpc) is 3.57. The molecule has 3 amide bonds. The Morgan fingerprint density at radius 3 is 2.44 bits per heavy atom. The number of amides is 3. The molecule has 2 aromatic carbocycles. The van der Waals surface area contributed by atoms with Gasteiger partial charge in [-0.1, -0.05) is 17.7 Å². The maximum atomic E-state index is 12.4. The van der Waals surface area contributed by atoms with Crippen molar-refractivity contribution in [2.75, 3.05) is 26.0 Å². The zero-order valence-corrected chi connectivity index (χ0v) is 19.1. The molecule has 0 unspecified atom stereocenters. The van der Waals surface area contributed by atoms with Crippen molar-refractivity contribution in [2.24, 2.45) is 0 Å². The number of carbonyl (C=O) groups excluding carboxylic acids is 3. The Balaban J connectivity index is 1.60. The molecule has 0 aliphatic heterocycles. The molecule has 0 spiro atoms. The maximum Gasteiger partial charge on any atom is 0.253 e. The van der Waals surface area contributed by atoms with Gasteiger partial charge in [0.15, 0.2) is 0 Å². The van der Waals surface area contributed by atoms with Crippen molar-refractivity contribution in [3.8, 4) is 0 Å². The van der Waals surface area contributed by atoms with E-state index in [4.69, 9.17) is 11.6 Å². The predicted octanol–water partition coefficient (Wildman–Crippen LogP) is 1.85. The molecule has 0 saturated heterocycles. The summed E-state index contributed by atoms with van der Waals surface area (Å²) in [5.74, 6) is -1.43. The molecule has 11 heteroatoms. The van der Waals surface area contributed by atoms with Crippen molar-refractivity contribution in [1.82, 2.24) is 14.9 Å². The van der Waals surface area contributed by atoms with Crippen molar-refractivity contribution in [1.29, 1.82) is 0 Å². The second-order valence-corrected chi connectivity index (χ2v) is 10.0. The van der Waals surface area contributed by atoms with Gasteiger partial charge in [0.2, 0.25) is 15.9 Å². The lowest BCUT2D eigenvalue weighted by Crippen LogP contribution is -2.33. The molecule has 3 rings (SSSR count). The van der Waals surface area contributed by atoms with Gasteiger partial charge in [-0.3, -0.25) is 14.4 Å². The first-order valence-corrected chi connectivity index (χ1v) is 11.6. The van der Waals surface area contributed by atoms with Crippen LogP contribution < -0.4 is 16.0 Å². The molecule has 1 aliphatic rings.